The molecule has 0 aliphatic carbocycles. The number of phenolic OH excluding ortho intramolecular Hbond substituents is 1. The van der Waals surface area contributed by atoms with Crippen LogP contribution in [0.3, 0.4) is 0 Å². The van der Waals surface area contributed by atoms with Gasteiger partial charge < -0.3 is 10.0 Å². The third-order valence-electron chi connectivity index (χ3n) is 3.11. The summed E-state index contributed by atoms with van der Waals surface area (Å²) in [5.41, 5.74) is 1.09. The van der Waals surface area contributed by atoms with Gasteiger partial charge in [-0.3, -0.25) is 4.79 Å². The molecule has 4 heteroatoms. The van der Waals surface area contributed by atoms with E-state index in [1.807, 2.05) is 30.3 Å². The fraction of sp³-hybridized carbons (Fsp3) is 0.188. The van der Waals surface area contributed by atoms with E-state index in [2.05, 4.69) is 0 Å². The highest BCUT2D eigenvalue weighted by Crippen LogP contribution is 2.16. The zero-order chi connectivity index (χ0) is 14.5. The first-order valence-electron chi connectivity index (χ1n) is 6.36. The van der Waals surface area contributed by atoms with Gasteiger partial charge in [0.2, 0.25) is 0 Å². The number of likely N-dealkylation sites (N-methyl/N-ethyl adjacent to an activating group) is 1. The van der Waals surface area contributed by atoms with Gasteiger partial charge in [0.25, 0.3) is 5.91 Å². The molecule has 0 aromatic heterocycles. The van der Waals surface area contributed by atoms with E-state index in [4.69, 9.17) is 5.11 Å². The van der Waals surface area contributed by atoms with Crippen LogP contribution >= 0.6 is 0 Å². The van der Waals surface area contributed by atoms with Crippen LogP contribution in [-0.4, -0.2) is 29.5 Å². The molecule has 3 nitrogen and oxygen atoms in total. The van der Waals surface area contributed by atoms with Gasteiger partial charge in [0.05, 0.1) is 5.56 Å². The Morgan fingerprint density at radius 1 is 1.20 bits per heavy atom. The second kappa shape index (κ2) is 6.19. The van der Waals surface area contributed by atoms with Gasteiger partial charge in [-0.2, -0.15) is 0 Å². The van der Waals surface area contributed by atoms with Gasteiger partial charge in [-0.15, -0.1) is 0 Å². The average Bonchev–Trinajstić information content (AvgIpc) is 2.45. The molecule has 0 saturated carbocycles. The lowest BCUT2D eigenvalue weighted by atomic mass is 10.1. The van der Waals surface area contributed by atoms with E-state index < -0.39 is 11.7 Å². The van der Waals surface area contributed by atoms with Crippen molar-refractivity contribution in [2.75, 3.05) is 13.6 Å². The normalized spacial score (nSPS) is 10.3. The summed E-state index contributed by atoms with van der Waals surface area (Å²) in [5.74, 6) is -1.29. The minimum absolute atomic E-state index is 0.0293. The summed E-state index contributed by atoms with van der Waals surface area (Å²) in [6, 6.07) is 13.3. The molecule has 0 fully saturated rings. The van der Waals surface area contributed by atoms with Crippen LogP contribution in [0, 0.1) is 5.82 Å². The fourth-order valence-electron chi connectivity index (χ4n) is 1.93. The smallest absolute Gasteiger partial charge is 0.256 e. The number of hydrogen-bond donors (Lipinski definition) is 1. The van der Waals surface area contributed by atoms with Gasteiger partial charge in [-0.25, -0.2) is 4.39 Å². The molecule has 1 N–H and O–H groups in total. The molecule has 0 aliphatic rings. The van der Waals surface area contributed by atoms with Gasteiger partial charge in [0, 0.05) is 19.7 Å². The Hall–Kier alpha value is -2.36. The molecule has 0 aliphatic heterocycles. The Kier molecular flexibility index (Phi) is 4.35. The van der Waals surface area contributed by atoms with E-state index in [1.54, 1.807) is 7.05 Å². The summed E-state index contributed by atoms with van der Waals surface area (Å²) >= 11 is 0. The number of carbonyl (C=O) groups is 1. The zero-order valence-electron chi connectivity index (χ0n) is 11.2. The van der Waals surface area contributed by atoms with E-state index in [-0.39, 0.29) is 11.3 Å². The maximum atomic E-state index is 13.6. The second-order valence-electron chi connectivity index (χ2n) is 4.63. The molecule has 104 valence electrons. The van der Waals surface area contributed by atoms with Gasteiger partial charge in [0.15, 0.2) is 0 Å². The Bertz CT molecular complexity index is 599. The van der Waals surface area contributed by atoms with Crippen molar-refractivity contribution in [3.05, 3.63) is 65.5 Å². The minimum Gasteiger partial charge on any atom is -0.508 e. The number of amides is 1. The first kappa shape index (κ1) is 14.1. The summed E-state index contributed by atoms with van der Waals surface area (Å²) in [7, 11) is 1.64. The number of halogens is 1. The molecule has 20 heavy (non-hydrogen) atoms. The molecule has 0 heterocycles. The number of hydrogen-bond acceptors (Lipinski definition) is 2. The number of aromatic hydroxyl groups is 1. The van der Waals surface area contributed by atoms with E-state index in [0.29, 0.717) is 13.0 Å². The molecule has 0 unspecified atom stereocenters. The Morgan fingerprint density at radius 3 is 2.55 bits per heavy atom. The third kappa shape index (κ3) is 3.35. The molecule has 0 radical (unpaired) electrons. The molecule has 2 aromatic rings. The molecule has 0 saturated heterocycles. The largest absolute Gasteiger partial charge is 0.508 e. The lowest BCUT2D eigenvalue weighted by Crippen LogP contribution is -2.29. The summed E-state index contributed by atoms with van der Waals surface area (Å²) < 4.78 is 13.6. The fourth-order valence-corrected chi connectivity index (χ4v) is 1.93. The quantitative estimate of drug-likeness (QED) is 0.930. The average molecular weight is 273 g/mol. The van der Waals surface area contributed by atoms with Crippen LogP contribution in [0.5, 0.6) is 5.75 Å². The summed E-state index contributed by atoms with van der Waals surface area (Å²) in [4.78, 5) is 13.6. The molecule has 0 spiro atoms. The predicted octanol–water partition coefficient (Wildman–Crippen LogP) is 2.85. The molecule has 2 aromatic carbocycles. The topological polar surface area (TPSA) is 40.5 Å². The van der Waals surface area contributed by atoms with E-state index in [1.165, 1.54) is 17.0 Å². The first-order valence-corrected chi connectivity index (χ1v) is 6.36. The Morgan fingerprint density at radius 2 is 1.90 bits per heavy atom. The van der Waals surface area contributed by atoms with E-state index in [9.17, 15) is 9.18 Å². The monoisotopic (exact) mass is 273 g/mol. The minimum atomic E-state index is -0.707. The number of benzene rings is 2. The molecule has 1 amide bonds. The van der Waals surface area contributed by atoms with Crippen molar-refractivity contribution in [1.29, 1.82) is 0 Å². The highest BCUT2D eigenvalue weighted by Gasteiger charge is 2.16. The highest BCUT2D eigenvalue weighted by molar-refractivity contribution is 5.94. The van der Waals surface area contributed by atoms with Crippen molar-refractivity contribution in [3.63, 3.8) is 0 Å². The predicted molar refractivity (Wildman–Crippen MR) is 75.2 cm³/mol. The van der Waals surface area contributed by atoms with Crippen molar-refractivity contribution in [3.8, 4) is 5.75 Å². The molecular weight excluding hydrogens is 257 g/mol. The Balaban J connectivity index is 2.01. The number of phenols is 1. The Labute approximate surface area is 117 Å². The summed E-state index contributed by atoms with van der Waals surface area (Å²) in [5, 5.41) is 9.15. The molecular formula is C16H16FNO2. The standard InChI is InChI=1S/C16H16FNO2/c1-18(10-9-12-5-3-2-4-6-12)16(20)14-8-7-13(19)11-15(14)17/h2-8,11,19H,9-10H2,1H3. The SMILES string of the molecule is CN(CCc1ccccc1)C(=O)c1ccc(O)cc1F. The van der Waals surface area contributed by atoms with Crippen LogP contribution in [0.15, 0.2) is 48.5 Å². The third-order valence-corrected chi connectivity index (χ3v) is 3.11. The zero-order valence-corrected chi connectivity index (χ0v) is 11.2. The molecule has 0 atom stereocenters. The van der Waals surface area contributed by atoms with Crippen LogP contribution in [0.4, 0.5) is 4.39 Å². The lowest BCUT2D eigenvalue weighted by Gasteiger charge is -2.17. The van der Waals surface area contributed by atoms with Crippen molar-refractivity contribution < 1.29 is 14.3 Å². The van der Waals surface area contributed by atoms with Crippen LogP contribution in [0.25, 0.3) is 0 Å². The number of carbonyl (C=O) groups excluding carboxylic acids is 1. The second-order valence-corrected chi connectivity index (χ2v) is 4.63. The number of rotatable bonds is 4. The van der Waals surface area contributed by atoms with Gasteiger partial charge in [-0.1, -0.05) is 30.3 Å². The van der Waals surface area contributed by atoms with Crippen molar-refractivity contribution in [1.82, 2.24) is 4.90 Å². The van der Waals surface area contributed by atoms with Crippen LogP contribution < -0.4 is 0 Å². The van der Waals surface area contributed by atoms with Crippen LogP contribution in [0.2, 0.25) is 0 Å². The van der Waals surface area contributed by atoms with E-state index >= 15 is 0 Å². The highest BCUT2D eigenvalue weighted by atomic mass is 19.1. The van der Waals surface area contributed by atoms with Gasteiger partial charge >= 0.3 is 0 Å². The van der Waals surface area contributed by atoms with Crippen molar-refractivity contribution in [2.45, 2.75) is 6.42 Å². The van der Waals surface area contributed by atoms with Crippen LogP contribution in [0.1, 0.15) is 15.9 Å². The van der Waals surface area contributed by atoms with Gasteiger partial charge in [0.1, 0.15) is 11.6 Å². The lowest BCUT2D eigenvalue weighted by molar-refractivity contribution is 0.0792. The summed E-state index contributed by atoms with van der Waals surface area (Å²) in [6.45, 7) is 0.503. The van der Waals surface area contributed by atoms with Crippen LogP contribution in [-0.2, 0) is 6.42 Å². The molecule has 2 rings (SSSR count). The maximum absolute atomic E-state index is 13.6. The molecule has 0 bridgehead atoms. The van der Waals surface area contributed by atoms with Gasteiger partial charge in [-0.05, 0) is 24.1 Å². The van der Waals surface area contributed by atoms with E-state index in [0.717, 1.165) is 11.6 Å². The summed E-state index contributed by atoms with van der Waals surface area (Å²) in [6.07, 6.45) is 0.711. The number of nitrogens with zero attached hydrogens (tertiary/aromatic N) is 1. The van der Waals surface area contributed by atoms with Crippen molar-refractivity contribution in [2.24, 2.45) is 0 Å². The maximum Gasteiger partial charge on any atom is 0.256 e. The van der Waals surface area contributed by atoms with Crippen molar-refractivity contribution >= 4 is 5.91 Å². The first-order chi connectivity index (χ1) is 9.58.